The summed E-state index contributed by atoms with van der Waals surface area (Å²) in [7, 11) is 2.09. The van der Waals surface area contributed by atoms with Crippen molar-refractivity contribution >= 4 is 28.4 Å². The lowest BCUT2D eigenvalue weighted by Crippen LogP contribution is -2.34. The van der Waals surface area contributed by atoms with Gasteiger partial charge in [0.2, 0.25) is 0 Å². The molecule has 26 heavy (non-hydrogen) atoms. The first-order valence-corrected chi connectivity index (χ1v) is 9.47. The van der Waals surface area contributed by atoms with Gasteiger partial charge in [0.25, 0.3) is 5.91 Å². The predicted octanol–water partition coefficient (Wildman–Crippen LogP) is 3.48. The average molecular weight is 351 g/mol. The maximum Gasteiger partial charge on any atom is 0.327 e. The Morgan fingerprint density at radius 3 is 2.69 bits per heavy atom. The van der Waals surface area contributed by atoms with E-state index in [0.29, 0.717) is 6.54 Å². The molecular weight excluding hydrogens is 326 g/mol. The van der Waals surface area contributed by atoms with Gasteiger partial charge in [0.1, 0.15) is 6.04 Å². The summed E-state index contributed by atoms with van der Waals surface area (Å²) in [5.74, 6) is 0.00961. The highest BCUT2D eigenvalue weighted by molar-refractivity contribution is 6.04. The smallest absolute Gasteiger partial charge is 0.327 e. The maximum absolute atomic E-state index is 12.3. The Hall–Kier alpha value is -2.56. The van der Waals surface area contributed by atoms with Crippen LogP contribution in [-0.4, -0.2) is 54.5 Å². The predicted molar refractivity (Wildman–Crippen MR) is 103 cm³/mol. The van der Waals surface area contributed by atoms with Gasteiger partial charge in [0, 0.05) is 32.4 Å². The van der Waals surface area contributed by atoms with Gasteiger partial charge in [-0.2, -0.15) is 0 Å². The van der Waals surface area contributed by atoms with Gasteiger partial charge in [-0.3, -0.25) is 9.69 Å². The molecule has 2 aromatic rings. The van der Waals surface area contributed by atoms with Gasteiger partial charge in [-0.15, -0.1) is 0 Å². The molecule has 3 amide bonds. The third kappa shape index (κ3) is 3.02. The van der Waals surface area contributed by atoms with E-state index in [2.05, 4.69) is 54.4 Å². The van der Waals surface area contributed by atoms with E-state index in [4.69, 9.17) is 0 Å². The van der Waals surface area contributed by atoms with Gasteiger partial charge >= 0.3 is 6.03 Å². The van der Waals surface area contributed by atoms with E-state index in [1.54, 1.807) is 4.90 Å². The first-order valence-electron chi connectivity index (χ1n) is 9.47. The van der Waals surface area contributed by atoms with Crippen molar-refractivity contribution in [3.63, 3.8) is 0 Å². The van der Waals surface area contributed by atoms with Gasteiger partial charge in [-0.25, -0.2) is 4.79 Å². The zero-order chi connectivity index (χ0) is 18.1. The number of urea groups is 1. The first-order chi connectivity index (χ1) is 12.6. The van der Waals surface area contributed by atoms with Gasteiger partial charge in [-0.05, 0) is 48.6 Å². The number of hydrogen-bond donors (Lipinski definition) is 0. The van der Waals surface area contributed by atoms with Gasteiger partial charge in [0.15, 0.2) is 0 Å². The number of imide groups is 1. The summed E-state index contributed by atoms with van der Waals surface area (Å²) in [6, 6.07) is 14.6. The van der Waals surface area contributed by atoms with E-state index in [-0.39, 0.29) is 18.0 Å². The molecule has 0 bridgehead atoms. The van der Waals surface area contributed by atoms with Crippen LogP contribution in [0.2, 0.25) is 0 Å². The SMILES string of the molecule is CN(CCCCN1C(=O)C2CCCN2C1=O)c1ccc2ccccc2c1. The highest BCUT2D eigenvalue weighted by Gasteiger charge is 2.46. The van der Waals surface area contributed by atoms with Crippen LogP contribution in [0.15, 0.2) is 42.5 Å². The monoisotopic (exact) mass is 351 g/mol. The molecule has 5 nitrogen and oxygen atoms in total. The number of carbonyl (C=O) groups is 2. The zero-order valence-corrected chi connectivity index (χ0v) is 15.2. The van der Waals surface area contributed by atoms with Crippen molar-refractivity contribution < 1.29 is 9.59 Å². The molecule has 2 aliphatic rings. The molecule has 0 radical (unpaired) electrons. The summed E-state index contributed by atoms with van der Waals surface area (Å²) in [6.07, 6.45) is 3.57. The van der Waals surface area contributed by atoms with Crippen molar-refractivity contribution in [1.82, 2.24) is 9.80 Å². The summed E-state index contributed by atoms with van der Waals surface area (Å²) in [5, 5.41) is 2.49. The molecule has 136 valence electrons. The molecule has 0 saturated carbocycles. The lowest BCUT2D eigenvalue weighted by molar-refractivity contribution is -0.128. The van der Waals surface area contributed by atoms with Crippen LogP contribution in [0.5, 0.6) is 0 Å². The topological polar surface area (TPSA) is 43.9 Å². The summed E-state index contributed by atoms with van der Waals surface area (Å²) in [5.41, 5.74) is 1.19. The Balaban J connectivity index is 1.29. The Kier molecular flexibility index (Phi) is 4.53. The summed E-state index contributed by atoms with van der Waals surface area (Å²) >= 11 is 0. The van der Waals surface area contributed by atoms with Crippen LogP contribution in [0.4, 0.5) is 10.5 Å². The third-order valence-corrected chi connectivity index (χ3v) is 5.58. The molecule has 0 aromatic heterocycles. The van der Waals surface area contributed by atoms with E-state index < -0.39 is 0 Å². The van der Waals surface area contributed by atoms with Crippen LogP contribution in [-0.2, 0) is 4.79 Å². The van der Waals surface area contributed by atoms with E-state index in [0.717, 1.165) is 38.8 Å². The van der Waals surface area contributed by atoms with Crippen molar-refractivity contribution in [1.29, 1.82) is 0 Å². The largest absolute Gasteiger partial charge is 0.375 e. The van der Waals surface area contributed by atoms with Crippen molar-refractivity contribution in [3.8, 4) is 0 Å². The lowest BCUT2D eigenvalue weighted by Gasteiger charge is -2.21. The molecule has 2 saturated heterocycles. The number of fused-ring (bicyclic) bond motifs is 2. The fraction of sp³-hybridized carbons (Fsp3) is 0.429. The molecule has 1 atom stereocenters. The van der Waals surface area contributed by atoms with Crippen molar-refractivity contribution in [2.45, 2.75) is 31.7 Å². The van der Waals surface area contributed by atoms with Gasteiger partial charge in [0.05, 0.1) is 0 Å². The van der Waals surface area contributed by atoms with Crippen molar-refractivity contribution in [2.24, 2.45) is 0 Å². The number of anilines is 1. The molecule has 2 heterocycles. The average Bonchev–Trinajstić information content (AvgIpc) is 3.23. The van der Waals surface area contributed by atoms with Crippen molar-refractivity contribution in [2.75, 3.05) is 31.6 Å². The minimum absolute atomic E-state index is 0.00961. The standard InChI is InChI=1S/C21H25N3O2/c1-22(18-11-10-16-7-2-3-8-17(16)15-18)12-4-5-13-24-20(25)19-9-6-14-23(19)21(24)26/h2-3,7-8,10-11,15,19H,4-6,9,12-14H2,1H3. The molecule has 0 aliphatic carbocycles. The first kappa shape index (κ1) is 16.9. The van der Waals surface area contributed by atoms with E-state index in [1.807, 2.05) is 0 Å². The molecule has 1 unspecified atom stereocenters. The molecule has 0 spiro atoms. The minimum atomic E-state index is -0.178. The van der Waals surface area contributed by atoms with E-state index in [1.165, 1.54) is 21.4 Å². The number of nitrogens with zero attached hydrogens (tertiary/aromatic N) is 3. The second-order valence-corrected chi connectivity index (χ2v) is 7.28. The lowest BCUT2D eigenvalue weighted by atomic mass is 10.1. The van der Waals surface area contributed by atoms with Crippen LogP contribution < -0.4 is 4.90 Å². The Bertz CT molecular complexity index is 813. The molecule has 5 heteroatoms. The highest BCUT2D eigenvalue weighted by atomic mass is 16.2. The molecule has 4 rings (SSSR count). The van der Waals surface area contributed by atoms with Gasteiger partial charge in [-0.1, -0.05) is 30.3 Å². The maximum atomic E-state index is 12.3. The van der Waals surface area contributed by atoms with E-state index >= 15 is 0 Å². The number of carbonyl (C=O) groups excluding carboxylic acids is 2. The zero-order valence-electron chi connectivity index (χ0n) is 15.2. The Morgan fingerprint density at radius 1 is 1.08 bits per heavy atom. The number of benzene rings is 2. The fourth-order valence-corrected chi connectivity index (χ4v) is 4.05. The number of rotatable bonds is 6. The fourth-order valence-electron chi connectivity index (χ4n) is 4.05. The summed E-state index contributed by atoms with van der Waals surface area (Å²) in [4.78, 5) is 30.0. The second-order valence-electron chi connectivity index (χ2n) is 7.28. The molecule has 2 aliphatic heterocycles. The van der Waals surface area contributed by atoms with Crippen LogP contribution in [0.25, 0.3) is 10.8 Å². The van der Waals surface area contributed by atoms with Crippen molar-refractivity contribution in [3.05, 3.63) is 42.5 Å². The number of amides is 3. The number of unbranched alkanes of at least 4 members (excludes halogenated alkanes) is 1. The van der Waals surface area contributed by atoms with Crippen LogP contribution in [0.1, 0.15) is 25.7 Å². The highest BCUT2D eigenvalue weighted by Crippen LogP contribution is 2.27. The van der Waals surface area contributed by atoms with Crippen LogP contribution in [0, 0.1) is 0 Å². The van der Waals surface area contributed by atoms with E-state index in [9.17, 15) is 9.59 Å². The normalized spacial score (nSPS) is 19.5. The number of hydrogen-bond acceptors (Lipinski definition) is 3. The molecule has 2 fully saturated rings. The quantitative estimate of drug-likeness (QED) is 0.591. The second kappa shape index (κ2) is 6.98. The Morgan fingerprint density at radius 2 is 1.88 bits per heavy atom. The van der Waals surface area contributed by atoms with Crippen LogP contribution >= 0.6 is 0 Å². The minimum Gasteiger partial charge on any atom is -0.375 e. The third-order valence-electron chi connectivity index (χ3n) is 5.58. The summed E-state index contributed by atoms with van der Waals surface area (Å²) < 4.78 is 0. The van der Waals surface area contributed by atoms with Crippen LogP contribution in [0.3, 0.4) is 0 Å². The molecule has 0 N–H and O–H groups in total. The molecular formula is C21H25N3O2. The van der Waals surface area contributed by atoms with Gasteiger partial charge < -0.3 is 9.80 Å². The Labute approximate surface area is 154 Å². The molecule has 2 aromatic carbocycles. The summed E-state index contributed by atoms with van der Waals surface area (Å²) in [6.45, 7) is 2.17.